The first-order chi connectivity index (χ1) is 16.4. The van der Waals surface area contributed by atoms with Crippen molar-refractivity contribution in [1.82, 2.24) is 20.0 Å². The van der Waals surface area contributed by atoms with Crippen LogP contribution < -0.4 is 10.2 Å². The predicted octanol–water partition coefficient (Wildman–Crippen LogP) is 1.54. The average Bonchev–Trinajstić information content (AvgIpc) is 3.43. The van der Waals surface area contributed by atoms with Crippen LogP contribution in [0.1, 0.15) is 37.7 Å². The van der Waals surface area contributed by atoms with Gasteiger partial charge in [-0.05, 0) is 50.4 Å². The molecule has 188 valence electrons. The Morgan fingerprint density at radius 3 is 2.62 bits per heavy atom. The summed E-state index contributed by atoms with van der Waals surface area (Å²) in [5.41, 5.74) is 2.40. The number of hydrogen-bond donors (Lipinski definition) is 1. The van der Waals surface area contributed by atoms with Gasteiger partial charge in [0.25, 0.3) is 0 Å². The third-order valence-corrected chi connectivity index (χ3v) is 7.94. The minimum atomic E-state index is -0.149. The van der Waals surface area contributed by atoms with E-state index in [1.165, 1.54) is 11.3 Å². The number of carbonyl (C=O) groups is 2. The molecule has 0 radical (unpaired) electrons. The summed E-state index contributed by atoms with van der Waals surface area (Å²) in [6.07, 6.45) is 4.33. The fourth-order valence-electron chi connectivity index (χ4n) is 5.92. The van der Waals surface area contributed by atoms with Gasteiger partial charge in [0, 0.05) is 71.6 Å². The van der Waals surface area contributed by atoms with Gasteiger partial charge in [-0.15, -0.1) is 0 Å². The molecule has 0 spiro atoms. The van der Waals surface area contributed by atoms with Gasteiger partial charge in [-0.25, -0.2) is 0 Å². The summed E-state index contributed by atoms with van der Waals surface area (Å²) in [5, 5.41) is 3.18. The lowest BCUT2D eigenvalue weighted by Gasteiger charge is -2.33. The molecule has 0 aromatic heterocycles. The number of benzene rings is 1. The second-order valence-electron chi connectivity index (χ2n) is 10.3. The van der Waals surface area contributed by atoms with Crippen molar-refractivity contribution in [2.24, 2.45) is 0 Å². The van der Waals surface area contributed by atoms with Crippen molar-refractivity contribution in [3.63, 3.8) is 0 Å². The van der Waals surface area contributed by atoms with Crippen molar-refractivity contribution in [2.45, 2.75) is 62.8 Å². The van der Waals surface area contributed by atoms with Gasteiger partial charge in [-0.1, -0.05) is 12.1 Å². The molecule has 8 heteroatoms. The van der Waals surface area contributed by atoms with Crippen molar-refractivity contribution in [3.05, 3.63) is 29.8 Å². The highest BCUT2D eigenvalue weighted by Gasteiger charge is 2.45. The molecule has 1 aromatic carbocycles. The number of nitrogens with one attached hydrogen (secondary N) is 1. The molecule has 0 aliphatic carbocycles. The highest BCUT2D eigenvalue weighted by Crippen LogP contribution is 2.29. The van der Waals surface area contributed by atoms with E-state index >= 15 is 0 Å². The van der Waals surface area contributed by atoms with E-state index in [0.717, 1.165) is 45.3 Å². The lowest BCUT2D eigenvalue weighted by Crippen LogP contribution is -2.49. The normalized spacial score (nSPS) is 28.0. The van der Waals surface area contributed by atoms with E-state index in [1.54, 1.807) is 7.11 Å². The summed E-state index contributed by atoms with van der Waals surface area (Å²) in [5.74, 6) is 0.335. The Labute approximate surface area is 204 Å². The Kier molecular flexibility index (Phi) is 8.11. The third kappa shape index (κ3) is 5.39. The molecule has 3 aliphatic heterocycles. The number of fused-ring (bicyclic) bond motifs is 1. The van der Waals surface area contributed by atoms with E-state index in [0.29, 0.717) is 19.6 Å². The monoisotopic (exact) mass is 471 g/mol. The molecule has 0 unspecified atom stereocenters. The van der Waals surface area contributed by atoms with E-state index in [2.05, 4.69) is 51.3 Å². The molecule has 3 saturated heterocycles. The van der Waals surface area contributed by atoms with Crippen LogP contribution in [-0.4, -0.2) is 105 Å². The number of hydrogen-bond acceptors (Lipinski definition) is 6. The molecule has 3 heterocycles. The summed E-state index contributed by atoms with van der Waals surface area (Å²) in [6.45, 7) is 3.72. The highest BCUT2D eigenvalue weighted by molar-refractivity contribution is 5.83. The van der Waals surface area contributed by atoms with Gasteiger partial charge in [0.05, 0.1) is 12.6 Å². The summed E-state index contributed by atoms with van der Waals surface area (Å²) in [7, 11) is 7.91. The standard InChI is InChI=1S/C26H41N5O3/c1-28(2)20-9-7-19(8-10-20)17-30-15-13-23-25(30)26(33)27-16-21(29(23)3)11-12-24(32)31-14-5-6-22(31)18-34-4/h7-10,21-23,25H,5-6,11-18H2,1-4H3,(H,27,33)/t21-,22+,23-,25-/m0/s1. The zero-order valence-electron chi connectivity index (χ0n) is 21.2. The largest absolute Gasteiger partial charge is 0.383 e. The minimum Gasteiger partial charge on any atom is -0.383 e. The number of likely N-dealkylation sites (N-methyl/N-ethyl adjacent to an activating group) is 1. The van der Waals surface area contributed by atoms with Crippen molar-refractivity contribution in [3.8, 4) is 0 Å². The van der Waals surface area contributed by atoms with Gasteiger partial charge in [0.2, 0.25) is 11.8 Å². The van der Waals surface area contributed by atoms with Crippen molar-refractivity contribution in [1.29, 1.82) is 0 Å². The molecule has 0 bridgehead atoms. The van der Waals surface area contributed by atoms with Crippen LogP contribution in [0.2, 0.25) is 0 Å². The number of anilines is 1. The Morgan fingerprint density at radius 1 is 1.15 bits per heavy atom. The first-order valence-corrected chi connectivity index (χ1v) is 12.7. The molecule has 0 saturated carbocycles. The number of methoxy groups -OCH3 is 1. The van der Waals surface area contributed by atoms with Gasteiger partial charge in [-0.3, -0.25) is 19.4 Å². The highest BCUT2D eigenvalue weighted by atomic mass is 16.5. The first kappa shape index (κ1) is 24.9. The van der Waals surface area contributed by atoms with Gasteiger partial charge in [0.1, 0.15) is 6.04 Å². The maximum Gasteiger partial charge on any atom is 0.239 e. The molecule has 1 aromatic rings. The van der Waals surface area contributed by atoms with Crippen LogP contribution in [0.15, 0.2) is 24.3 Å². The SMILES string of the molecule is COC[C@H]1CCCN1C(=O)CC[C@H]1CNC(=O)[C@@H]2[C@H](CCN2Cc2ccc(N(C)C)cc2)N1C. The average molecular weight is 472 g/mol. The maximum atomic E-state index is 13.1. The summed E-state index contributed by atoms with van der Waals surface area (Å²) in [4.78, 5) is 34.8. The van der Waals surface area contributed by atoms with Crippen LogP contribution in [0.3, 0.4) is 0 Å². The van der Waals surface area contributed by atoms with Crippen LogP contribution in [0, 0.1) is 0 Å². The van der Waals surface area contributed by atoms with E-state index < -0.39 is 0 Å². The number of carbonyl (C=O) groups excluding carboxylic acids is 2. The van der Waals surface area contributed by atoms with Crippen LogP contribution in [0.25, 0.3) is 0 Å². The van der Waals surface area contributed by atoms with E-state index in [9.17, 15) is 9.59 Å². The van der Waals surface area contributed by atoms with Gasteiger partial charge < -0.3 is 19.9 Å². The molecule has 3 fully saturated rings. The van der Waals surface area contributed by atoms with Gasteiger partial charge in [-0.2, -0.15) is 0 Å². The summed E-state index contributed by atoms with van der Waals surface area (Å²) < 4.78 is 5.31. The number of ether oxygens (including phenoxy) is 1. The Bertz CT molecular complexity index is 845. The predicted molar refractivity (Wildman–Crippen MR) is 134 cm³/mol. The van der Waals surface area contributed by atoms with Crippen LogP contribution in [-0.2, 0) is 20.9 Å². The summed E-state index contributed by atoms with van der Waals surface area (Å²) in [6, 6.07) is 8.99. The molecule has 2 amide bonds. The zero-order valence-corrected chi connectivity index (χ0v) is 21.2. The number of rotatable bonds is 8. The van der Waals surface area contributed by atoms with Gasteiger partial charge >= 0.3 is 0 Å². The molecule has 4 rings (SSSR count). The van der Waals surface area contributed by atoms with Crippen LogP contribution in [0.4, 0.5) is 5.69 Å². The lowest BCUT2D eigenvalue weighted by molar-refractivity contribution is -0.133. The Balaban J connectivity index is 1.36. The van der Waals surface area contributed by atoms with E-state index in [4.69, 9.17) is 4.74 Å². The lowest BCUT2D eigenvalue weighted by atomic mass is 10.0. The molecule has 4 atom stereocenters. The van der Waals surface area contributed by atoms with Crippen molar-refractivity contribution < 1.29 is 14.3 Å². The number of amides is 2. The smallest absolute Gasteiger partial charge is 0.239 e. The zero-order chi connectivity index (χ0) is 24.2. The van der Waals surface area contributed by atoms with E-state index in [1.807, 2.05) is 19.0 Å². The molecular formula is C26H41N5O3. The topological polar surface area (TPSA) is 68.4 Å². The van der Waals surface area contributed by atoms with Crippen LogP contribution in [0.5, 0.6) is 0 Å². The number of nitrogens with zero attached hydrogens (tertiary/aromatic N) is 4. The first-order valence-electron chi connectivity index (χ1n) is 12.7. The fraction of sp³-hybridized carbons (Fsp3) is 0.692. The third-order valence-electron chi connectivity index (χ3n) is 7.94. The molecular weight excluding hydrogens is 430 g/mol. The molecule has 8 nitrogen and oxygen atoms in total. The molecule has 3 aliphatic rings. The molecule has 34 heavy (non-hydrogen) atoms. The fourth-order valence-corrected chi connectivity index (χ4v) is 5.92. The Morgan fingerprint density at radius 2 is 1.91 bits per heavy atom. The second-order valence-corrected chi connectivity index (χ2v) is 10.3. The van der Waals surface area contributed by atoms with Crippen molar-refractivity contribution >= 4 is 17.5 Å². The Hall–Kier alpha value is -2.16. The van der Waals surface area contributed by atoms with Gasteiger partial charge in [0.15, 0.2) is 0 Å². The quantitative estimate of drug-likeness (QED) is 0.621. The second kappa shape index (κ2) is 11.1. The maximum absolute atomic E-state index is 13.1. The van der Waals surface area contributed by atoms with Crippen LogP contribution >= 0.6 is 0 Å². The van der Waals surface area contributed by atoms with E-state index in [-0.39, 0.29) is 36.0 Å². The number of likely N-dealkylation sites (tertiary alicyclic amines) is 2. The summed E-state index contributed by atoms with van der Waals surface area (Å²) >= 11 is 0. The minimum absolute atomic E-state index is 0.118. The molecule has 1 N–H and O–H groups in total. The van der Waals surface area contributed by atoms with Crippen molar-refractivity contribution in [2.75, 3.05) is 59.4 Å².